The van der Waals surface area contributed by atoms with Gasteiger partial charge < -0.3 is 14.8 Å². The molecule has 7 nitrogen and oxygen atoms in total. The van der Waals surface area contributed by atoms with Crippen molar-refractivity contribution in [1.82, 2.24) is 0 Å². The van der Waals surface area contributed by atoms with Crippen molar-refractivity contribution in [3.8, 4) is 11.1 Å². The fraction of sp³-hybridized carbons (Fsp3) is 0.174. The predicted molar refractivity (Wildman–Crippen MR) is 113 cm³/mol. The van der Waals surface area contributed by atoms with Gasteiger partial charge in [-0.05, 0) is 17.2 Å². The lowest BCUT2D eigenvalue weighted by atomic mass is 10.1. The monoisotopic (exact) mass is 404 g/mol. The number of nitrogens with one attached hydrogen (secondary N) is 1. The molecule has 0 spiro atoms. The molecule has 0 bridgehead atoms. The number of nitro benzene ring substituents is 1. The summed E-state index contributed by atoms with van der Waals surface area (Å²) in [6.45, 7) is 0.874. The maximum Gasteiger partial charge on any atom is 0.341 e. The van der Waals surface area contributed by atoms with Crippen LogP contribution in [-0.2, 0) is 9.47 Å². The number of anilines is 1. The zero-order valence-electron chi connectivity index (χ0n) is 16.3. The third-order valence-electron chi connectivity index (χ3n) is 5.06. The number of carbonyl (C=O) groups excluding carboxylic acids is 1. The second-order valence-corrected chi connectivity index (χ2v) is 6.87. The largest absolute Gasteiger partial charge is 0.449 e. The lowest BCUT2D eigenvalue weighted by Crippen LogP contribution is -2.15. The zero-order valence-corrected chi connectivity index (χ0v) is 16.3. The van der Waals surface area contributed by atoms with E-state index in [0.717, 1.165) is 22.3 Å². The molecular formula is C23H20N2O5. The summed E-state index contributed by atoms with van der Waals surface area (Å²) in [5.41, 5.74) is 4.22. The van der Waals surface area contributed by atoms with Crippen LogP contribution in [0.2, 0.25) is 0 Å². The highest BCUT2D eigenvalue weighted by Gasteiger charge is 2.32. The highest BCUT2D eigenvalue weighted by molar-refractivity contribution is 5.97. The number of ether oxygens (including phenoxy) is 2. The van der Waals surface area contributed by atoms with Gasteiger partial charge in [0.2, 0.25) is 0 Å². The Kier molecular flexibility index (Phi) is 5.45. The number of nitro groups is 1. The van der Waals surface area contributed by atoms with E-state index < -0.39 is 17.0 Å². The molecule has 0 unspecified atom stereocenters. The Labute approximate surface area is 173 Å². The van der Waals surface area contributed by atoms with Gasteiger partial charge in [0.05, 0.1) is 17.1 Å². The van der Waals surface area contributed by atoms with Crippen molar-refractivity contribution in [2.24, 2.45) is 0 Å². The van der Waals surface area contributed by atoms with Crippen molar-refractivity contribution in [2.75, 3.05) is 25.6 Å². The number of benzene rings is 3. The van der Waals surface area contributed by atoms with E-state index in [1.807, 2.05) is 48.5 Å². The summed E-state index contributed by atoms with van der Waals surface area (Å²) in [5, 5.41) is 14.3. The molecule has 0 aromatic heterocycles. The van der Waals surface area contributed by atoms with E-state index >= 15 is 0 Å². The first-order chi connectivity index (χ1) is 14.6. The van der Waals surface area contributed by atoms with Crippen LogP contribution in [0.5, 0.6) is 0 Å². The van der Waals surface area contributed by atoms with E-state index in [1.54, 1.807) is 7.11 Å². The maximum atomic E-state index is 13.1. The first-order valence-electron chi connectivity index (χ1n) is 9.50. The average Bonchev–Trinajstić information content (AvgIpc) is 3.08. The van der Waals surface area contributed by atoms with E-state index in [-0.39, 0.29) is 11.3 Å². The molecule has 0 aliphatic heterocycles. The fourth-order valence-corrected chi connectivity index (χ4v) is 3.66. The minimum absolute atomic E-state index is 0.113. The first-order valence-corrected chi connectivity index (χ1v) is 9.50. The van der Waals surface area contributed by atoms with Gasteiger partial charge in [0.1, 0.15) is 0 Å². The van der Waals surface area contributed by atoms with Gasteiger partial charge in [-0.15, -0.1) is 0 Å². The molecule has 0 radical (unpaired) electrons. The van der Waals surface area contributed by atoms with Crippen molar-refractivity contribution in [1.29, 1.82) is 0 Å². The van der Waals surface area contributed by atoms with Crippen molar-refractivity contribution in [2.45, 2.75) is 6.10 Å². The van der Waals surface area contributed by atoms with E-state index in [4.69, 9.17) is 9.47 Å². The minimum atomic E-state index is -0.630. The molecule has 0 amide bonds. The number of carbonyl (C=O) groups is 1. The second-order valence-electron chi connectivity index (χ2n) is 6.87. The number of esters is 1. The van der Waals surface area contributed by atoms with Crippen LogP contribution in [-0.4, -0.2) is 31.2 Å². The lowest BCUT2D eigenvalue weighted by molar-refractivity contribution is -0.384. The number of non-ortho nitro benzene ring substituents is 1. The summed E-state index contributed by atoms with van der Waals surface area (Å²) in [4.78, 5) is 23.8. The van der Waals surface area contributed by atoms with Gasteiger partial charge in [-0.1, -0.05) is 48.5 Å². The smallest absolute Gasteiger partial charge is 0.341 e. The highest BCUT2D eigenvalue weighted by atomic mass is 16.6. The Hall–Kier alpha value is -3.71. The molecule has 3 aromatic carbocycles. The predicted octanol–water partition coefficient (Wildman–Crippen LogP) is 4.58. The fourth-order valence-electron chi connectivity index (χ4n) is 3.66. The van der Waals surface area contributed by atoms with Gasteiger partial charge in [-0.2, -0.15) is 0 Å². The van der Waals surface area contributed by atoms with Gasteiger partial charge in [0.15, 0.2) is 6.10 Å². The molecule has 0 fully saturated rings. The van der Waals surface area contributed by atoms with Crippen LogP contribution in [0.1, 0.15) is 27.6 Å². The molecule has 1 N–H and O–H groups in total. The molecule has 4 rings (SSSR count). The Morgan fingerprint density at radius 1 is 1.03 bits per heavy atom. The molecule has 30 heavy (non-hydrogen) atoms. The van der Waals surface area contributed by atoms with Crippen LogP contribution in [0.4, 0.5) is 11.4 Å². The van der Waals surface area contributed by atoms with Crippen LogP contribution < -0.4 is 5.32 Å². The van der Waals surface area contributed by atoms with Crippen LogP contribution >= 0.6 is 0 Å². The van der Waals surface area contributed by atoms with E-state index in [2.05, 4.69) is 5.32 Å². The standard InChI is InChI=1S/C23H20N2O5/c1-29-13-12-24-21-11-10-15(25(27)28)14-20(21)23(26)30-22-18-8-4-2-6-16(18)17-7-3-5-9-19(17)22/h2-11,14,22,24H,12-13H2,1H3. The van der Waals surface area contributed by atoms with Crippen LogP contribution in [0.25, 0.3) is 11.1 Å². The van der Waals surface area contributed by atoms with E-state index in [9.17, 15) is 14.9 Å². The van der Waals surface area contributed by atoms with Gasteiger partial charge in [-0.25, -0.2) is 4.79 Å². The highest BCUT2D eigenvalue weighted by Crippen LogP contribution is 2.45. The minimum Gasteiger partial charge on any atom is -0.449 e. The van der Waals surface area contributed by atoms with Crippen molar-refractivity contribution in [3.63, 3.8) is 0 Å². The van der Waals surface area contributed by atoms with E-state index in [0.29, 0.717) is 18.8 Å². The summed E-state index contributed by atoms with van der Waals surface area (Å²) in [6, 6.07) is 19.6. The number of rotatable bonds is 7. The first kappa shape index (κ1) is 19.6. The third kappa shape index (κ3) is 3.62. The SMILES string of the molecule is COCCNc1ccc([N+](=O)[O-])cc1C(=O)OC1c2ccccc2-c2ccccc21. The molecule has 7 heteroatoms. The maximum absolute atomic E-state index is 13.1. The van der Waals surface area contributed by atoms with Crippen molar-refractivity contribution in [3.05, 3.63) is 93.5 Å². The van der Waals surface area contributed by atoms with E-state index in [1.165, 1.54) is 18.2 Å². The number of fused-ring (bicyclic) bond motifs is 3. The summed E-state index contributed by atoms with van der Waals surface area (Å²) >= 11 is 0. The van der Waals surface area contributed by atoms with Crippen LogP contribution in [0.15, 0.2) is 66.7 Å². The molecule has 0 saturated carbocycles. The van der Waals surface area contributed by atoms with Gasteiger partial charge in [0, 0.05) is 42.6 Å². The Balaban J connectivity index is 1.68. The topological polar surface area (TPSA) is 90.7 Å². The van der Waals surface area contributed by atoms with Crippen molar-refractivity contribution < 1.29 is 19.2 Å². The molecular weight excluding hydrogens is 384 g/mol. The molecule has 0 saturated heterocycles. The molecule has 1 aliphatic carbocycles. The lowest BCUT2D eigenvalue weighted by Gasteiger charge is -2.17. The number of nitrogens with zero attached hydrogens (tertiary/aromatic N) is 1. The summed E-state index contributed by atoms with van der Waals surface area (Å²) in [7, 11) is 1.57. The molecule has 1 aliphatic rings. The van der Waals surface area contributed by atoms with Crippen LogP contribution in [0.3, 0.4) is 0 Å². The Morgan fingerprint density at radius 3 is 2.27 bits per heavy atom. The summed E-state index contributed by atoms with van der Waals surface area (Å²) < 4.78 is 10.9. The average molecular weight is 404 g/mol. The Bertz CT molecular complexity index is 1070. The molecule has 3 aromatic rings. The summed E-state index contributed by atoms with van der Waals surface area (Å²) in [5.74, 6) is -0.630. The second kappa shape index (κ2) is 8.34. The quantitative estimate of drug-likeness (QED) is 0.268. The number of hydrogen-bond acceptors (Lipinski definition) is 6. The van der Waals surface area contributed by atoms with Crippen molar-refractivity contribution >= 4 is 17.3 Å². The number of methoxy groups -OCH3 is 1. The Morgan fingerprint density at radius 2 is 1.67 bits per heavy atom. The zero-order chi connectivity index (χ0) is 21.1. The number of hydrogen-bond donors (Lipinski definition) is 1. The van der Waals surface area contributed by atoms with Gasteiger partial charge in [-0.3, -0.25) is 10.1 Å². The van der Waals surface area contributed by atoms with Gasteiger partial charge in [0.25, 0.3) is 5.69 Å². The van der Waals surface area contributed by atoms with Crippen LogP contribution in [0, 0.1) is 10.1 Å². The third-order valence-corrected chi connectivity index (χ3v) is 5.06. The molecule has 0 heterocycles. The normalized spacial score (nSPS) is 12.2. The molecule has 152 valence electrons. The molecule has 0 atom stereocenters. The van der Waals surface area contributed by atoms with Gasteiger partial charge >= 0.3 is 5.97 Å². The summed E-state index contributed by atoms with van der Waals surface area (Å²) in [6.07, 6.45) is -0.573.